The lowest BCUT2D eigenvalue weighted by Crippen LogP contribution is -2.45. The number of nitrogens with zero attached hydrogens (tertiary/aromatic N) is 4. The minimum atomic E-state index is -0.0773. The first-order valence-electron chi connectivity index (χ1n) is 10.6. The van der Waals surface area contributed by atoms with Crippen LogP contribution in [0.2, 0.25) is 0 Å². The van der Waals surface area contributed by atoms with Gasteiger partial charge in [-0.15, -0.1) is 0 Å². The van der Waals surface area contributed by atoms with Gasteiger partial charge in [-0.3, -0.25) is 4.79 Å². The van der Waals surface area contributed by atoms with Gasteiger partial charge >= 0.3 is 0 Å². The summed E-state index contributed by atoms with van der Waals surface area (Å²) in [5.41, 5.74) is 3.11. The third-order valence-electron chi connectivity index (χ3n) is 5.59. The van der Waals surface area contributed by atoms with Crippen LogP contribution >= 0.6 is 0 Å². The summed E-state index contributed by atoms with van der Waals surface area (Å²) in [4.78, 5) is 28.2. The minimum Gasteiger partial charge on any atom is -0.475 e. The maximum Gasteiger partial charge on any atom is 0.253 e. The van der Waals surface area contributed by atoms with Crippen molar-refractivity contribution in [2.45, 2.75) is 64.5 Å². The molecule has 0 atom stereocenters. The molecule has 0 bridgehead atoms. The second-order valence-corrected chi connectivity index (χ2v) is 8.12. The van der Waals surface area contributed by atoms with Crippen molar-refractivity contribution in [3.63, 3.8) is 0 Å². The average molecular weight is 396 g/mol. The van der Waals surface area contributed by atoms with Crippen LogP contribution in [0.25, 0.3) is 0 Å². The lowest BCUT2D eigenvalue weighted by molar-refractivity contribution is 0.0930. The van der Waals surface area contributed by atoms with E-state index in [9.17, 15) is 4.79 Å². The highest BCUT2D eigenvalue weighted by Crippen LogP contribution is 2.28. The van der Waals surface area contributed by atoms with Gasteiger partial charge in [0, 0.05) is 42.7 Å². The molecule has 0 saturated carbocycles. The maximum atomic E-state index is 12.6. The van der Waals surface area contributed by atoms with E-state index >= 15 is 0 Å². The molecule has 3 heterocycles. The molecule has 7 heteroatoms. The zero-order valence-corrected chi connectivity index (χ0v) is 17.2. The molecule has 1 amide bonds. The lowest BCUT2D eigenvalue weighted by Gasteiger charge is -2.35. The number of nitrogens with one attached hydrogen (secondary N) is 1. The van der Waals surface area contributed by atoms with Gasteiger partial charge in [0.2, 0.25) is 5.88 Å². The highest BCUT2D eigenvalue weighted by molar-refractivity contribution is 5.94. The summed E-state index contributed by atoms with van der Waals surface area (Å²) in [7, 11) is 0. The smallest absolute Gasteiger partial charge is 0.253 e. The number of anilines is 1. The zero-order valence-electron chi connectivity index (χ0n) is 17.2. The summed E-state index contributed by atoms with van der Waals surface area (Å²) in [6.07, 6.45) is 9.73. The molecule has 0 radical (unpaired) electrons. The van der Waals surface area contributed by atoms with Gasteiger partial charge in [-0.2, -0.15) is 0 Å². The second kappa shape index (κ2) is 8.76. The molecular weight excluding hydrogens is 366 g/mol. The van der Waals surface area contributed by atoms with Crippen LogP contribution in [0, 0.1) is 0 Å². The summed E-state index contributed by atoms with van der Waals surface area (Å²) in [6.45, 7) is 5.69. The molecule has 0 unspecified atom stereocenters. The van der Waals surface area contributed by atoms with E-state index in [1.807, 2.05) is 13.8 Å². The van der Waals surface area contributed by atoms with E-state index in [1.165, 1.54) is 24.1 Å². The topological polar surface area (TPSA) is 80.2 Å². The summed E-state index contributed by atoms with van der Waals surface area (Å²) in [5.74, 6) is 1.56. The number of ether oxygens (including phenoxy) is 1. The lowest BCUT2D eigenvalue weighted by atomic mass is 9.95. The molecule has 2 aliphatic rings. The first-order valence-corrected chi connectivity index (χ1v) is 10.6. The Kier molecular flexibility index (Phi) is 5.92. The summed E-state index contributed by atoms with van der Waals surface area (Å²) in [5, 5.41) is 3.15. The fourth-order valence-corrected chi connectivity index (χ4v) is 4.11. The van der Waals surface area contributed by atoms with Crippen molar-refractivity contribution in [1.82, 2.24) is 20.3 Å². The van der Waals surface area contributed by atoms with Crippen LogP contribution < -0.4 is 15.0 Å². The van der Waals surface area contributed by atoms with Crippen LogP contribution in [0.5, 0.6) is 5.88 Å². The predicted octanol–water partition coefficient (Wildman–Crippen LogP) is 2.94. The van der Waals surface area contributed by atoms with E-state index in [0.29, 0.717) is 11.4 Å². The van der Waals surface area contributed by atoms with E-state index in [2.05, 4.69) is 25.2 Å². The number of amides is 1. The van der Waals surface area contributed by atoms with Crippen LogP contribution in [-0.4, -0.2) is 46.1 Å². The standard InChI is InChI=1S/C22H29N5O2/c1-15(2)29-20-8-7-16(13-23-20)22(28)26-17-9-11-27(12-10-17)21-18-5-3-4-6-19(18)24-14-25-21/h7-8,13-15,17H,3-6,9-12H2,1-2H3,(H,26,28). The molecule has 1 N–H and O–H groups in total. The Morgan fingerprint density at radius 3 is 2.66 bits per heavy atom. The number of piperidine rings is 1. The molecule has 0 spiro atoms. The van der Waals surface area contributed by atoms with Crippen LogP contribution in [0.15, 0.2) is 24.7 Å². The molecular formula is C22H29N5O2. The van der Waals surface area contributed by atoms with Gasteiger partial charge in [0.1, 0.15) is 12.1 Å². The van der Waals surface area contributed by atoms with Gasteiger partial charge in [-0.05, 0) is 58.4 Å². The van der Waals surface area contributed by atoms with Crippen molar-refractivity contribution in [3.8, 4) is 5.88 Å². The van der Waals surface area contributed by atoms with Gasteiger partial charge in [-0.1, -0.05) is 0 Å². The molecule has 1 aliphatic carbocycles. The molecule has 2 aromatic heterocycles. The molecule has 1 fully saturated rings. The fraction of sp³-hybridized carbons (Fsp3) is 0.545. The van der Waals surface area contributed by atoms with Crippen molar-refractivity contribution < 1.29 is 9.53 Å². The Labute approximate surface area is 171 Å². The van der Waals surface area contributed by atoms with Gasteiger partial charge in [0.25, 0.3) is 5.91 Å². The number of carbonyl (C=O) groups excluding carboxylic acids is 1. The van der Waals surface area contributed by atoms with Gasteiger partial charge in [0.15, 0.2) is 0 Å². The highest BCUT2D eigenvalue weighted by atomic mass is 16.5. The summed E-state index contributed by atoms with van der Waals surface area (Å²) >= 11 is 0. The van der Waals surface area contributed by atoms with Gasteiger partial charge in [0.05, 0.1) is 11.7 Å². The third kappa shape index (κ3) is 4.66. The van der Waals surface area contributed by atoms with Crippen molar-refractivity contribution in [1.29, 1.82) is 0 Å². The minimum absolute atomic E-state index is 0.0628. The van der Waals surface area contributed by atoms with Crippen LogP contribution in [0.3, 0.4) is 0 Å². The molecule has 0 aromatic carbocycles. The normalized spacial score (nSPS) is 17.1. The largest absolute Gasteiger partial charge is 0.475 e. The Balaban J connectivity index is 1.33. The van der Waals surface area contributed by atoms with Crippen molar-refractivity contribution >= 4 is 11.7 Å². The van der Waals surface area contributed by atoms with Crippen LogP contribution in [0.4, 0.5) is 5.82 Å². The zero-order chi connectivity index (χ0) is 20.2. The average Bonchev–Trinajstić information content (AvgIpc) is 2.74. The van der Waals surface area contributed by atoms with Crippen LogP contribution in [0.1, 0.15) is 61.1 Å². The first kappa shape index (κ1) is 19.6. The molecule has 7 nitrogen and oxygen atoms in total. The molecule has 154 valence electrons. The second-order valence-electron chi connectivity index (χ2n) is 8.12. The molecule has 1 saturated heterocycles. The monoisotopic (exact) mass is 395 g/mol. The number of carbonyl (C=O) groups is 1. The Bertz CT molecular complexity index is 845. The number of hydrogen-bond donors (Lipinski definition) is 1. The Morgan fingerprint density at radius 1 is 1.14 bits per heavy atom. The molecule has 2 aromatic rings. The first-order chi connectivity index (χ1) is 14.1. The molecule has 29 heavy (non-hydrogen) atoms. The molecule has 1 aliphatic heterocycles. The maximum absolute atomic E-state index is 12.6. The van der Waals surface area contributed by atoms with Crippen molar-refractivity contribution in [2.75, 3.05) is 18.0 Å². The number of pyridine rings is 1. The molecule has 4 rings (SSSR count). The van der Waals surface area contributed by atoms with Crippen molar-refractivity contribution in [2.24, 2.45) is 0 Å². The van der Waals surface area contributed by atoms with E-state index < -0.39 is 0 Å². The Morgan fingerprint density at radius 2 is 1.93 bits per heavy atom. The number of rotatable bonds is 5. The summed E-state index contributed by atoms with van der Waals surface area (Å²) < 4.78 is 5.53. The van der Waals surface area contributed by atoms with Crippen molar-refractivity contribution in [3.05, 3.63) is 41.5 Å². The van der Waals surface area contributed by atoms with E-state index in [1.54, 1.807) is 24.7 Å². The third-order valence-corrected chi connectivity index (χ3v) is 5.59. The van der Waals surface area contributed by atoms with Gasteiger partial charge < -0.3 is 15.0 Å². The SMILES string of the molecule is CC(C)Oc1ccc(C(=O)NC2CCN(c3ncnc4c3CCCC4)CC2)cn1. The number of aromatic nitrogens is 3. The van der Waals surface area contributed by atoms with E-state index in [0.717, 1.165) is 44.6 Å². The van der Waals surface area contributed by atoms with E-state index in [-0.39, 0.29) is 18.1 Å². The number of aryl methyl sites for hydroxylation is 1. The highest BCUT2D eigenvalue weighted by Gasteiger charge is 2.25. The van der Waals surface area contributed by atoms with Crippen LogP contribution in [-0.2, 0) is 12.8 Å². The Hall–Kier alpha value is -2.70. The van der Waals surface area contributed by atoms with Gasteiger partial charge in [-0.25, -0.2) is 15.0 Å². The van der Waals surface area contributed by atoms with E-state index in [4.69, 9.17) is 4.74 Å². The summed E-state index contributed by atoms with van der Waals surface area (Å²) in [6, 6.07) is 3.68. The fourth-order valence-electron chi connectivity index (χ4n) is 4.11. The number of hydrogen-bond acceptors (Lipinski definition) is 6. The predicted molar refractivity (Wildman–Crippen MR) is 111 cm³/mol. The quantitative estimate of drug-likeness (QED) is 0.838. The number of fused-ring (bicyclic) bond motifs is 1.